The van der Waals surface area contributed by atoms with Crippen molar-refractivity contribution in [3.05, 3.63) is 35.9 Å². The lowest BCUT2D eigenvalue weighted by atomic mass is 10.1. The van der Waals surface area contributed by atoms with Crippen molar-refractivity contribution >= 4 is 7.60 Å². The van der Waals surface area contributed by atoms with Crippen LogP contribution in [-0.4, -0.2) is 35.5 Å². The highest BCUT2D eigenvalue weighted by Crippen LogP contribution is 2.59. The fourth-order valence-electron chi connectivity index (χ4n) is 2.60. The molecule has 0 bridgehead atoms. The maximum atomic E-state index is 13.0. The smallest absolute Gasteiger partial charge is 0.350 e. The van der Waals surface area contributed by atoms with Gasteiger partial charge in [-0.3, -0.25) is 9.40 Å². The zero-order valence-electron chi connectivity index (χ0n) is 13.2. The highest BCUT2D eigenvalue weighted by atomic mass is 31.2. The van der Waals surface area contributed by atoms with Gasteiger partial charge in [0.2, 0.25) is 0 Å². The molecule has 1 aliphatic rings. The van der Waals surface area contributed by atoms with Gasteiger partial charge in [-0.25, -0.2) is 0 Å². The van der Waals surface area contributed by atoms with Gasteiger partial charge in [0.15, 0.2) is 6.29 Å². The highest BCUT2D eigenvalue weighted by Gasteiger charge is 2.49. The van der Waals surface area contributed by atoms with E-state index in [0.717, 1.165) is 5.56 Å². The summed E-state index contributed by atoms with van der Waals surface area (Å²) in [5.74, 6) is -0.627. The summed E-state index contributed by atoms with van der Waals surface area (Å²) in [4.78, 5) is 5.49. The fourth-order valence-corrected chi connectivity index (χ4v) is 4.71. The molecule has 0 aromatic heterocycles. The van der Waals surface area contributed by atoms with E-state index in [1.54, 1.807) is 18.9 Å². The molecule has 1 aromatic carbocycles. The van der Waals surface area contributed by atoms with Gasteiger partial charge in [0.05, 0.1) is 19.3 Å². The van der Waals surface area contributed by atoms with Crippen molar-refractivity contribution in [1.29, 1.82) is 0 Å². The van der Waals surface area contributed by atoms with Crippen molar-refractivity contribution in [3.8, 4) is 0 Å². The van der Waals surface area contributed by atoms with Crippen LogP contribution in [0.2, 0.25) is 0 Å². The fraction of sp³-hybridized carbons (Fsp3) is 0.600. The summed E-state index contributed by atoms with van der Waals surface area (Å²) in [7, 11) is -3.39. The van der Waals surface area contributed by atoms with E-state index >= 15 is 0 Å². The molecule has 0 amide bonds. The monoisotopic (exact) mass is 329 g/mol. The normalized spacial score (nSPS) is 24.5. The summed E-state index contributed by atoms with van der Waals surface area (Å²) in [6.45, 7) is 6.02. The minimum Gasteiger partial charge on any atom is -0.366 e. The quantitative estimate of drug-likeness (QED) is 0.774. The molecular formula is C15H24NO5P. The van der Waals surface area contributed by atoms with Crippen LogP contribution in [0, 0.1) is 0 Å². The summed E-state index contributed by atoms with van der Waals surface area (Å²) in [5.41, 5.74) is 1.00. The number of aliphatic hydroxyl groups excluding tert-OH is 1. The third-order valence-electron chi connectivity index (χ3n) is 3.60. The van der Waals surface area contributed by atoms with Crippen LogP contribution in [-0.2, 0) is 18.5 Å². The van der Waals surface area contributed by atoms with E-state index in [-0.39, 0.29) is 25.7 Å². The Labute approximate surface area is 131 Å². The van der Waals surface area contributed by atoms with Crippen LogP contribution in [0.4, 0.5) is 0 Å². The molecule has 0 aliphatic carbocycles. The van der Waals surface area contributed by atoms with Crippen LogP contribution >= 0.6 is 7.60 Å². The summed E-state index contributed by atoms with van der Waals surface area (Å²) in [5, 5.41) is 11.4. The average molecular weight is 329 g/mol. The van der Waals surface area contributed by atoms with E-state index in [1.807, 2.05) is 37.3 Å². The molecule has 22 heavy (non-hydrogen) atoms. The summed E-state index contributed by atoms with van der Waals surface area (Å²) < 4.78 is 23.9. The lowest BCUT2D eigenvalue weighted by Gasteiger charge is -2.32. The van der Waals surface area contributed by atoms with Crippen LogP contribution < -0.4 is 0 Å². The minimum absolute atomic E-state index is 0.183. The second kappa shape index (κ2) is 7.68. The molecule has 0 unspecified atom stereocenters. The lowest BCUT2D eigenvalue weighted by molar-refractivity contribution is -0.234. The summed E-state index contributed by atoms with van der Waals surface area (Å²) in [6, 6.07) is 9.52. The third kappa shape index (κ3) is 3.77. The van der Waals surface area contributed by atoms with Gasteiger partial charge in [0, 0.05) is 6.42 Å². The maximum Gasteiger partial charge on any atom is 0.350 e. The Morgan fingerprint density at radius 1 is 1.32 bits per heavy atom. The standard InChI is InChI=1S/C15H24NO5P/c1-4-19-22(18,20-5-2)14-11-15(17)21-16(14)12(3)13-9-7-6-8-10-13/h6-10,12,14-15,17H,4-5,11H2,1-3H3/t12-,14+,15+/m0/s1. The van der Waals surface area contributed by atoms with Crippen molar-refractivity contribution in [2.45, 2.75) is 45.3 Å². The van der Waals surface area contributed by atoms with Gasteiger partial charge >= 0.3 is 7.60 Å². The molecule has 3 atom stereocenters. The zero-order valence-corrected chi connectivity index (χ0v) is 14.1. The molecule has 1 saturated heterocycles. The predicted molar refractivity (Wildman–Crippen MR) is 83.1 cm³/mol. The Kier molecular flexibility index (Phi) is 6.15. The zero-order chi connectivity index (χ0) is 16.2. The maximum absolute atomic E-state index is 13.0. The molecule has 1 aromatic rings. The van der Waals surface area contributed by atoms with Crippen molar-refractivity contribution in [2.75, 3.05) is 13.2 Å². The molecule has 7 heteroatoms. The molecule has 0 radical (unpaired) electrons. The first-order valence-electron chi connectivity index (χ1n) is 7.58. The lowest BCUT2D eigenvalue weighted by Crippen LogP contribution is -2.32. The van der Waals surface area contributed by atoms with E-state index < -0.39 is 19.7 Å². The molecule has 0 saturated carbocycles. The van der Waals surface area contributed by atoms with Gasteiger partial charge in [0.1, 0.15) is 5.78 Å². The topological polar surface area (TPSA) is 68.2 Å². The van der Waals surface area contributed by atoms with E-state index in [0.29, 0.717) is 0 Å². The Balaban J connectivity index is 2.27. The first-order chi connectivity index (χ1) is 10.5. The van der Waals surface area contributed by atoms with Crippen LogP contribution in [0.15, 0.2) is 30.3 Å². The first kappa shape index (κ1) is 17.6. The van der Waals surface area contributed by atoms with Gasteiger partial charge in [-0.15, -0.1) is 0 Å². The first-order valence-corrected chi connectivity index (χ1v) is 9.20. The summed E-state index contributed by atoms with van der Waals surface area (Å²) in [6.07, 6.45) is -0.820. The number of aliphatic hydroxyl groups is 1. The van der Waals surface area contributed by atoms with E-state index in [2.05, 4.69) is 0 Å². The van der Waals surface area contributed by atoms with E-state index in [9.17, 15) is 9.67 Å². The number of benzene rings is 1. The van der Waals surface area contributed by atoms with Crippen molar-refractivity contribution in [2.24, 2.45) is 0 Å². The van der Waals surface area contributed by atoms with Crippen LogP contribution in [0.5, 0.6) is 0 Å². The molecule has 1 aliphatic heterocycles. The van der Waals surface area contributed by atoms with Crippen molar-refractivity contribution in [1.82, 2.24) is 5.06 Å². The van der Waals surface area contributed by atoms with Gasteiger partial charge < -0.3 is 14.2 Å². The number of hydrogen-bond acceptors (Lipinski definition) is 6. The Morgan fingerprint density at radius 2 is 1.91 bits per heavy atom. The van der Waals surface area contributed by atoms with Gasteiger partial charge in [0.25, 0.3) is 0 Å². The molecule has 1 heterocycles. The third-order valence-corrected chi connectivity index (χ3v) is 6.00. The van der Waals surface area contributed by atoms with Crippen molar-refractivity contribution < 1.29 is 23.6 Å². The number of nitrogens with zero attached hydrogens (tertiary/aromatic N) is 1. The minimum atomic E-state index is -3.39. The SMILES string of the molecule is CCOP(=O)(OCC)[C@@H]1C[C@H](O)ON1[C@@H](C)c1ccccc1. The number of rotatable bonds is 7. The molecule has 0 spiro atoms. The Bertz CT molecular complexity index is 502. The molecule has 6 nitrogen and oxygen atoms in total. The Morgan fingerprint density at radius 3 is 2.45 bits per heavy atom. The Hall–Kier alpha value is -0.750. The van der Waals surface area contributed by atoms with Gasteiger partial charge in [-0.2, -0.15) is 5.06 Å². The van der Waals surface area contributed by atoms with E-state index in [1.165, 1.54) is 0 Å². The van der Waals surface area contributed by atoms with Gasteiger partial charge in [-0.05, 0) is 26.3 Å². The van der Waals surface area contributed by atoms with Gasteiger partial charge in [-0.1, -0.05) is 30.3 Å². The highest BCUT2D eigenvalue weighted by molar-refractivity contribution is 7.54. The summed E-state index contributed by atoms with van der Waals surface area (Å²) >= 11 is 0. The number of hydrogen-bond donors (Lipinski definition) is 1. The van der Waals surface area contributed by atoms with Crippen LogP contribution in [0.1, 0.15) is 38.8 Å². The van der Waals surface area contributed by atoms with E-state index in [4.69, 9.17) is 13.9 Å². The predicted octanol–water partition coefficient (Wildman–Crippen LogP) is 3.30. The van der Waals surface area contributed by atoms with Crippen LogP contribution in [0.3, 0.4) is 0 Å². The molecule has 1 fully saturated rings. The van der Waals surface area contributed by atoms with Crippen LogP contribution in [0.25, 0.3) is 0 Å². The van der Waals surface area contributed by atoms with Crippen molar-refractivity contribution in [3.63, 3.8) is 0 Å². The molecule has 124 valence electrons. The largest absolute Gasteiger partial charge is 0.366 e. The molecular weight excluding hydrogens is 305 g/mol. The average Bonchev–Trinajstić information content (AvgIpc) is 2.90. The molecule has 2 rings (SSSR count). The second-order valence-electron chi connectivity index (χ2n) is 5.10. The molecule has 1 N–H and O–H groups in total. The second-order valence-corrected chi connectivity index (χ2v) is 7.29. The number of hydroxylamine groups is 2.